The van der Waals surface area contributed by atoms with Gasteiger partial charge in [-0.05, 0) is 35.1 Å². The predicted octanol–water partition coefficient (Wildman–Crippen LogP) is 5.71. The molecule has 6 rings (SSSR count). The van der Waals surface area contributed by atoms with Crippen molar-refractivity contribution in [1.82, 2.24) is 15.0 Å². The summed E-state index contributed by atoms with van der Waals surface area (Å²) in [6.07, 6.45) is 9.91. The molecule has 0 spiro atoms. The largest absolute Gasteiger partial charge is 0.377 e. The number of pyridine rings is 1. The summed E-state index contributed by atoms with van der Waals surface area (Å²) < 4.78 is 4.31. The molecule has 0 fully saturated rings. The van der Waals surface area contributed by atoms with Gasteiger partial charge in [0.25, 0.3) is 0 Å². The van der Waals surface area contributed by atoms with Gasteiger partial charge < -0.3 is 4.90 Å². The summed E-state index contributed by atoms with van der Waals surface area (Å²) in [5, 5.41) is 0.974. The Hall–Kier alpha value is -4.49. The van der Waals surface area contributed by atoms with Crippen LogP contribution < -0.4 is 14.0 Å². The summed E-state index contributed by atoms with van der Waals surface area (Å²) >= 11 is 1.73. The molecule has 41 heavy (non-hydrogen) atoms. The van der Waals surface area contributed by atoms with Crippen molar-refractivity contribution in [2.45, 2.75) is 30.2 Å². The van der Waals surface area contributed by atoms with Gasteiger partial charge in [0.15, 0.2) is 25.0 Å². The first-order valence-corrected chi connectivity index (χ1v) is 14.8. The summed E-state index contributed by atoms with van der Waals surface area (Å²) in [4.78, 5) is 14.6. The molecule has 204 valence electrons. The molecule has 0 atom stereocenters. The van der Waals surface area contributed by atoms with Crippen LogP contribution in [0.3, 0.4) is 0 Å². The number of aryl methyl sites for hydroxylation is 2. The minimum Gasteiger partial charge on any atom is -0.377 e. The van der Waals surface area contributed by atoms with Crippen LogP contribution in [0.2, 0.25) is 0 Å². The van der Waals surface area contributed by atoms with Crippen molar-refractivity contribution in [2.24, 2.45) is 0 Å². The van der Waals surface area contributed by atoms with Crippen molar-refractivity contribution < 1.29 is 9.13 Å². The van der Waals surface area contributed by atoms with Gasteiger partial charge in [-0.2, -0.15) is 4.57 Å². The Morgan fingerprint density at radius 3 is 2.07 bits per heavy atom. The van der Waals surface area contributed by atoms with Gasteiger partial charge in [0.2, 0.25) is 11.2 Å². The molecule has 6 aromatic rings. The number of aromatic amines is 1. The zero-order valence-electron chi connectivity index (χ0n) is 23.4. The molecule has 0 aliphatic heterocycles. The first-order chi connectivity index (χ1) is 20.1. The van der Waals surface area contributed by atoms with Gasteiger partial charge in [-0.15, -0.1) is 0 Å². The predicted molar refractivity (Wildman–Crippen MR) is 165 cm³/mol. The zero-order valence-corrected chi connectivity index (χ0v) is 24.3. The number of benzene rings is 3. The normalized spacial score (nSPS) is 11.2. The topological polar surface area (TPSA) is 52.6 Å². The number of rotatable bonds is 10. The monoisotopic (exact) mass is 558 g/mol. The first-order valence-electron chi connectivity index (χ1n) is 13.9. The fraction of sp³-hybridized carbons (Fsp3) is 0.176. The summed E-state index contributed by atoms with van der Waals surface area (Å²) in [7, 11) is 4.12. The van der Waals surface area contributed by atoms with E-state index in [-0.39, 0.29) is 0 Å². The Bertz CT molecular complexity index is 1710. The maximum atomic E-state index is 4.57. The van der Waals surface area contributed by atoms with Gasteiger partial charge in [-0.3, -0.25) is 4.98 Å². The van der Waals surface area contributed by atoms with E-state index in [0.717, 1.165) is 41.3 Å². The third-order valence-corrected chi connectivity index (χ3v) is 8.35. The summed E-state index contributed by atoms with van der Waals surface area (Å²) in [6.45, 7) is 0.759. The molecule has 0 aliphatic carbocycles. The molecule has 0 amide bonds. The van der Waals surface area contributed by atoms with Crippen LogP contribution in [-0.4, -0.2) is 29.0 Å². The van der Waals surface area contributed by atoms with E-state index in [0.29, 0.717) is 0 Å². The Morgan fingerprint density at radius 1 is 0.732 bits per heavy atom. The zero-order chi connectivity index (χ0) is 28.0. The second kappa shape index (κ2) is 12.4. The number of hydrogen-bond donors (Lipinski definition) is 1. The summed E-state index contributed by atoms with van der Waals surface area (Å²) in [5.74, 6) is 0.876. The van der Waals surface area contributed by atoms with E-state index in [1.807, 2.05) is 12.4 Å². The number of aromatic nitrogens is 5. The van der Waals surface area contributed by atoms with E-state index in [2.05, 4.69) is 140 Å². The van der Waals surface area contributed by atoms with Crippen LogP contribution in [0, 0.1) is 0 Å². The van der Waals surface area contributed by atoms with Crippen LogP contribution in [-0.2, 0) is 25.1 Å². The van der Waals surface area contributed by atoms with E-state index in [9.17, 15) is 0 Å². The summed E-state index contributed by atoms with van der Waals surface area (Å²) in [6, 6.07) is 32.5. The number of fused-ring (bicyclic) bond motifs is 1. The minimum atomic E-state index is 0.759. The highest BCUT2D eigenvalue weighted by Crippen LogP contribution is 2.25. The molecular weight excluding hydrogens is 524 g/mol. The van der Waals surface area contributed by atoms with Crippen LogP contribution in [0.4, 0.5) is 5.69 Å². The molecule has 1 N–H and O–H groups in total. The van der Waals surface area contributed by atoms with E-state index in [1.54, 1.807) is 18.1 Å². The lowest BCUT2D eigenvalue weighted by Crippen LogP contribution is -2.33. The van der Waals surface area contributed by atoms with Gasteiger partial charge in [0, 0.05) is 49.8 Å². The molecule has 0 saturated carbocycles. The molecular formula is C34H34N6S+2. The highest BCUT2D eigenvalue weighted by Gasteiger charge is 2.17. The molecule has 0 bridgehead atoms. The molecule has 6 nitrogen and oxygen atoms in total. The smallest absolute Gasteiger partial charge is 0.306 e. The van der Waals surface area contributed by atoms with Gasteiger partial charge in [-0.1, -0.05) is 83.5 Å². The number of anilines is 1. The van der Waals surface area contributed by atoms with Crippen LogP contribution in [0.25, 0.3) is 16.9 Å². The van der Waals surface area contributed by atoms with Crippen molar-refractivity contribution >= 4 is 28.6 Å². The van der Waals surface area contributed by atoms with Crippen molar-refractivity contribution in [3.8, 4) is 5.69 Å². The number of nitrogens with one attached hydrogen (secondary N) is 1. The van der Waals surface area contributed by atoms with Gasteiger partial charge in [-0.25, -0.2) is 9.55 Å². The van der Waals surface area contributed by atoms with Gasteiger partial charge >= 0.3 is 5.65 Å². The van der Waals surface area contributed by atoms with E-state index < -0.39 is 0 Å². The van der Waals surface area contributed by atoms with Crippen molar-refractivity contribution in [1.29, 1.82) is 0 Å². The highest BCUT2D eigenvalue weighted by molar-refractivity contribution is 7.98. The lowest BCUT2D eigenvalue weighted by molar-refractivity contribution is -0.664. The fourth-order valence-corrected chi connectivity index (χ4v) is 5.80. The highest BCUT2D eigenvalue weighted by atomic mass is 32.2. The molecule has 0 unspecified atom stereocenters. The van der Waals surface area contributed by atoms with Crippen LogP contribution >= 0.6 is 11.8 Å². The number of thioether (sulfide) groups is 1. The van der Waals surface area contributed by atoms with Crippen molar-refractivity contribution in [2.75, 3.05) is 19.0 Å². The molecule has 0 saturated heterocycles. The lowest BCUT2D eigenvalue weighted by atomic mass is 10.0. The van der Waals surface area contributed by atoms with Gasteiger partial charge in [0.05, 0.1) is 6.54 Å². The SMILES string of the molecule is CN(C)c1cc[n+](-c2ccc(CCc3ccc(C[n+]4c[nH]c5c(SCc6ccccc6)ncnc54)cc3)cc2)cc1. The molecule has 0 aliphatic rings. The molecule has 7 heteroatoms. The Labute approximate surface area is 245 Å². The number of nitrogens with zero attached hydrogens (tertiary/aromatic N) is 5. The molecule has 3 aromatic heterocycles. The third kappa shape index (κ3) is 6.47. The van der Waals surface area contributed by atoms with E-state index >= 15 is 0 Å². The van der Waals surface area contributed by atoms with Crippen LogP contribution in [0.15, 0.2) is 121 Å². The number of imidazole rings is 1. The molecule has 3 heterocycles. The quantitative estimate of drug-likeness (QED) is 0.133. The maximum absolute atomic E-state index is 4.57. The van der Waals surface area contributed by atoms with Gasteiger partial charge in [0.1, 0.15) is 5.03 Å². The second-order valence-corrected chi connectivity index (χ2v) is 11.4. The van der Waals surface area contributed by atoms with Crippen LogP contribution in [0.5, 0.6) is 0 Å². The maximum Gasteiger partial charge on any atom is 0.306 e. The molecule has 0 radical (unpaired) electrons. The Kier molecular flexibility index (Phi) is 8.05. The fourth-order valence-electron chi connectivity index (χ4n) is 4.88. The average Bonchev–Trinajstić information content (AvgIpc) is 3.43. The second-order valence-electron chi connectivity index (χ2n) is 10.4. The summed E-state index contributed by atoms with van der Waals surface area (Å²) in [5.41, 5.74) is 9.50. The Morgan fingerprint density at radius 2 is 1.39 bits per heavy atom. The van der Waals surface area contributed by atoms with Crippen LogP contribution in [0.1, 0.15) is 22.3 Å². The lowest BCUT2D eigenvalue weighted by Gasteiger charge is -2.10. The third-order valence-electron chi connectivity index (χ3n) is 7.29. The number of H-pyrrole nitrogens is 1. The molecule has 3 aromatic carbocycles. The average molecular weight is 559 g/mol. The number of hydrogen-bond acceptors (Lipinski definition) is 4. The first kappa shape index (κ1) is 26.7. The standard InChI is InChI=1S/C34H33N6S/c1-38(2)30-18-20-39(21-19-30)31-16-14-27(15-17-31)9-8-26-10-12-28(13-11-26)22-40-25-37-32-33(40)35-24-36-34(32)41-23-29-6-4-3-5-7-29/h3-7,10-21,24-25H,8-9,22-23H2,1-2H3/q+1/p+1. The van der Waals surface area contributed by atoms with E-state index in [4.69, 9.17) is 0 Å². The Balaban J connectivity index is 1.05. The van der Waals surface area contributed by atoms with Crippen molar-refractivity contribution in [3.05, 3.63) is 138 Å². The van der Waals surface area contributed by atoms with E-state index in [1.165, 1.54) is 33.6 Å². The van der Waals surface area contributed by atoms with Crippen molar-refractivity contribution in [3.63, 3.8) is 0 Å². The minimum absolute atomic E-state index is 0.759.